The first-order valence-corrected chi connectivity index (χ1v) is 10.2. The Balaban J connectivity index is 1.68. The summed E-state index contributed by atoms with van der Waals surface area (Å²) in [6, 6.07) is 2.78. The molecule has 1 spiro atoms. The summed E-state index contributed by atoms with van der Waals surface area (Å²) in [4.78, 5) is 43.5. The molecule has 4 amide bonds. The van der Waals surface area contributed by atoms with Crippen LogP contribution in [0.25, 0.3) is 0 Å². The number of hydrogen-bond donors (Lipinski definition) is 2. The second kappa shape index (κ2) is 8.59. The molecule has 1 aliphatic carbocycles. The molecule has 2 N–H and O–H groups in total. The second-order valence-electron chi connectivity index (χ2n) is 9.00. The summed E-state index contributed by atoms with van der Waals surface area (Å²) in [5, 5.41) is 5.56. The lowest BCUT2D eigenvalue weighted by Crippen LogP contribution is -2.54. The topological polar surface area (TPSA) is 110 Å². The van der Waals surface area contributed by atoms with Crippen LogP contribution in [0.3, 0.4) is 0 Å². The van der Waals surface area contributed by atoms with E-state index in [1.165, 1.54) is 0 Å². The van der Waals surface area contributed by atoms with E-state index in [1.54, 1.807) is 25.4 Å². The highest BCUT2D eigenvalue weighted by atomic mass is 16.5. The SMILES string of the molecule is COCCOc1ncccc1NC(=O)CN1C(=O)NC2(CC(C)CC(C)(C)C2)C1=O. The number of ether oxygens (including phenoxy) is 2. The van der Waals surface area contributed by atoms with Crippen molar-refractivity contribution in [1.82, 2.24) is 15.2 Å². The maximum absolute atomic E-state index is 13.2. The first-order chi connectivity index (χ1) is 14.2. The zero-order valence-corrected chi connectivity index (χ0v) is 18.0. The average Bonchev–Trinajstić information content (AvgIpc) is 2.85. The molecule has 2 fully saturated rings. The molecule has 1 aliphatic heterocycles. The molecule has 1 saturated heterocycles. The van der Waals surface area contributed by atoms with Gasteiger partial charge in [-0.2, -0.15) is 0 Å². The van der Waals surface area contributed by atoms with E-state index in [1.807, 2.05) is 0 Å². The minimum Gasteiger partial charge on any atom is -0.474 e. The number of rotatable bonds is 7. The Morgan fingerprint density at radius 2 is 2.10 bits per heavy atom. The zero-order valence-electron chi connectivity index (χ0n) is 18.0. The number of carbonyl (C=O) groups excluding carboxylic acids is 3. The van der Waals surface area contributed by atoms with Crippen molar-refractivity contribution >= 4 is 23.5 Å². The van der Waals surface area contributed by atoms with Crippen LogP contribution >= 0.6 is 0 Å². The van der Waals surface area contributed by atoms with Gasteiger partial charge in [-0.3, -0.25) is 14.5 Å². The van der Waals surface area contributed by atoms with Crippen molar-refractivity contribution in [3.8, 4) is 5.88 Å². The summed E-state index contributed by atoms with van der Waals surface area (Å²) in [5.74, 6) is -0.276. The lowest BCUT2D eigenvalue weighted by atomic mass is 9.64. The first-order valence-electron chi connectivity index (χ1n) is 10.2. The molecule has 1 saturated carbocycles. The van der Waals surface area contributed by atoms with E-state index in [2.05, 4.69) is 36.4 Å². The van der Waals surface area contributed by atoms with Gasteiger partial charge in [0.2, 0.25) is 11.8 Å². The Kier molecular flexibility index (Phi) is 6.30. The van der Waals surface area contributed by atoms with Crippen molar-refractivity contribution in [2.75, 3.05) is 32.2 Å². The van der Waals surface area contributed by atoms with Gasteiger partial charge in [-0.1, -0.05) is 20.8 Å². The Morgan fingerprint density at radius 3 is 2.80 bits per heavy atom. The van der Waals surface area contributed by atoms with Gasteiger partial charge >= 0.3 is 6.03 Å². The predicted octanol–water partition coefficient (Wildman–Crippen LogP) is 2.18. The molecular weight excluding hydrogens is 388 g/mol. The van der Waals surface area contributed by atoms with E-state index in [-0.39, 0.29) is 30.4 Å². The Hall–Kier alpha value is -2.68. The molecule has 30 heavy (non-hydrogen) atoms. The number of urea groups is 1. The molecule has 9 nitrogen and oxygen atoms in total. The van der Waals surface area contributed by atoms with Gasteiger partial charge in [0.05, 0.1) is 6.61 Å². The Bertz CT molecular complexity index is 827. The van der Waals surface area contributed by atoms with Gasteiger partial charge in [0.1, 0.15) is 24.4 Å². The molecule has 164 valence electrons. The largest absolute Gasteiger partial charge is 0.474 e. The minimum absolute atomic E-state index is 0.0664. The van der Waals surface area contributed by atoms with Crippen LogP contribution in [0.2, 0.25) is 0 Å². The fourth-order valence-electron chi connectivity index (χ4n) is 4.81. The van der Waals surface area contributed by atoms with Crippen LogP contribution < -0.4 is 15.4 Å². The van der Waals surface area contributed by atoms with Crippen molar-refractivity contribution in [2.24, 2.45) is 11.3 Å². The van der Waals surface area contributed by atoms with Crippen LogP contribution in [0.15, 0.2) is 18.3 Å². The number of nitrogens with zero attached hydrogens (tertiary/aromatic N) is 2. The number of carbonyl (C=O) groups is 3. The highest BCUT2D eigenvalue weighted by Crippen LogP contribution is 2.46. The molecule has 1 aromatic heterocycles. The Morgan fingerprint density at radius 1 is 1.33 bits per heavy atom. The number of imide groups is 1. The van der Waals surface area contributed by atoms with Gasteiger partial charge in [-0.15, -0.1) is 0 Å². The Labute approximate surface area is 176 Å². The van der Waals surface area contributed by atoms with E-state index in [9.17, 15) is 14.4 Å². The normalized spacial score (nSPS) is 25.3. The number of pyridine rings is 1. The quantitative estimate of drug-likeness (QED) is 0.519. The highest BCUT2D eigenvalue weighted by molar-refractivity contribution is 6.10. The van der Waals surface area contributed by atoms with Crippen molar-refractivity contribution in [3.63, 3.8) is 0 Å². The minimum atomic E-state index is -0.929. The molecule has 2 atom stereocenters. The van der Waals surface area contributed by atoms with Crippen LogP contribution in [0, 0.1) is 11.3 Å². The van der Waals surface area contributed by atoms with E-state index in [0.717, 1.165) is 11.3 Å². The lowest BCUT2D eigenvalue weighted by molar-refractivity contribution is -0.136. The van der Waals surface area contributed by atoms with Crippen LogP contribution in [-0.2, 0) is 14.3 Å². The molecule has 2 aliphatic rings. The number of methoxy groups -OCH3 is 1. The van der Waals surface area contributed by atoms with Crippen LogP contribution in [0.1, 0.15) is 40.0 Å². The van der Waals surface area contributed by atoms with E-state index < -0.39 is 17.5 Å². The summed E-state index contributed by atoms with van der Waals surface area (Å²) < 4.78 is 10.4. The zero-order chi connectivity index (χ0) is 21.9. The van der Waals surface area contributed by atoms with Crippen molar-refractivity contribution in [2.45, 2.75) is 45.6 Å². The molecule has 0 aromatic carbocycles. The molecule has 9 heteroatoms. The van der Waals surface area contributed by atoms with Gasteiger partial charge in [0, 0.05) is 13.3 Å². The van der Waals surface area contributed by atoms with Crippen LogP contribution in [-0.4, -0.2) is 60.1 Å². The molecule has 2 unspecified atom stereocenters. The maximum atomic E-state index is 13.2. The van der Waals surface area contributed by atoms with Crippen molar-refractivity contribution < 1.29 is 23.9 Å². The predicted molar refractivity (Wildman–Crippen MR) is 110 cm³/mol. The van der Waals surface area contributed by atoms with Gasteiger partial charge in [-0.25, -0.2) is 9.78 Å². The number of aromatic nitrogens is 1. The third-order valence-corrected chi connectivity index (χ3v) is 5.50. The van der Waals surface area contributed by atoms with Gasteiger partial charge in [-0.05, 0) is 42.7 Å². The molecule has 0 bridgehead atoms. The average molecular weight is 418 g/mol. The molecule has 0 radical (unpaired) electrons. The summed E-state index contributed by atoms with van der Waals surface area (Å²) in [6.07, 6.45) is 3.68. The maximum Gasteiger partial charge on any atom is 0.325 e. The third kappa shape index (κ3) is 4.72. The molecular formula is C21H30N4O5. The van der Waals surface area contributed by atoms with Crippen LogP contribution in [0.4, 0.5) is 10.5 Å². The second-order valence-corrected chi connectivity index (χ2v) is 9.00. The van der Waals surface area contributed by atoms with E-state index in [4.69, 9.17) is 9.47 Å². The van der Waals surface area contributed by atoms with Gasteiger partial charge < -0.3 is 20.1 Å². The molecule has 1 aromatic rings. The summed E-state index contributed by atoms with van der Waals surface area (Å²) in [5.41, 5.74) is -0.627. The van der Waals surface area contributed by atoms with Crippen LogP contribution in [0.5, 0.6) is 5.88 Å². The van der Waals surface area contributed by atoms with E-state index in [0.29, 0.717) is 31.1 Å². The number of anilines is 1. The van der Waals surface area contributed by atoms with Crippen molar-refractivity contribution in [3.05, 3.63) is 18.3 Å². The number of hydrogen-bond acceptors (Lipinski definition) is 6. The smallest absolute Gasteiger partial charge is 0.325 e. The summed E-state index contributed by atoms with van der Waals surface area (Å²) in [7, 11) is 1.56. The van der Waals surface area contributed by atoms with E-state index >= 15 is 0 Å². The fraction of sp³-hybridized carbons (Fsp3) is 0.619. The highest BCUT2D eigenvalue weighted by Gasteiger charge is 2.56. The lowest BCUT2D eigenvalue weighted by Gasteiger charge is -2.43. The molecule has 3 rings (SSSR count). The number of nitrogens with one attached hydrogen (secondary N) is 2. The first kappa shape index (κ1) is 22.0. The van der Waals surface area contributed by atoms with Gasteiger partial charge in [0.15, 0.2) is 0 Å². The fourth-order valence-corrected chi connectivity index (χ4v) is 4.81. The summed E-state index contributed by atoms with van der Waals surface area (Å²) >= 11 is 0. The van der Waals surface area contributed by atoms with Gasteiger partial charge in [0.25, 0.3) is 5.91 Å². The van der Waals surface area contributed by atoms with Crippen molar-refractivity contribution in [1.29, 1.82) is 0 Å². The molecule has 2 heterocycles. The number of amides is 4. The summed E-state index contributed by atoms with van der Waals surface area (Å²) in [6.45, 7) is 6.58. The third-order valence-electron chi connectivity index (χ3n) is 5.50. The standard InChI is InChI=1S/C21H30N4O5/c1-14-10-20(2,3)13-21(11-14)18(27)25(19(28)24-21)12-16(26)23-15-6-5-7-22-17(15)30-9-8-29-4/h5-7,14H,8-13H2,1-4H3,(H,23,26)(H,24,28). The monoisotopic (exact) mass is 418 g/mol.